The van der Waals surface area contributed by atoms with Gasteiger partial charge < -0.3 is 10.6 Å². The summed E-state index contributed by atoms with van der Waals surface area (Å²) < 4.78 is 0. The topological polar surface area (TPSA) is 66.9 Å². The van der Waals surface area contributed by atoms with Crippen LogP contribution < -0.4 is 10.6 Å². The third-order valence-electron chi connectivity index (χ3n) is 5.06. The molecule has 0 aliphatic rings. The summed E-state index contributed by atoms with van der Waals surface area (Å²) in [5.74, 6) is 0.545. The van der Waals surface area contributed by atoms with Gasteiger partial charge in [0.1, 0.15) is 12.1 Å². The minimum absolute atomic E-state index is 0.0833. The molecule has 154 valence electrons. The molecule has 0 saturated heterocycles. The number of amides is 1. The Morgan fingerprint density at radius 2 is 1.65 bits per heavy atom. The predicted molar refractivity (Wildman–Crippen MR) is 124 cm³/mol. The van der Waals surface area contributed by atoms with Gasteiger partial charge in [-0.15, -0.1) is 0 Å². The van der Waals surface area contributed by atoms with Gasteiger partial charge in [-0.05, 0) is 37.6 Å². The highest BCUT2D eigenvalue weighted by atomic mass is 16.1. The summed E-state index contributed by atoms with van der Waals surface area (Å²) in [6, 6.07) is 27.3. The van der Waals surface area contributed by atoms with Crippen molar-refractivity contribution in [1.82, 2.24) is 15.3 Å². The van der Waals surface area contributed by atoms with E-state index in [9.17, 15) is 4.79 Å². The van der Waals surface area contributed by atoms with Crippen LogP contribution in [0.25, 0.3) is 11.3 Å². The molecular formula is C26H24N4O. The van der Waals surface area contributed by atoms with Crippen molar-refractivity contribution in [2.75, 3.05) is 5.32 Å². The van der Waals surface area contributed by atoms with Gasteiger partial charge >= 0.3 is 0 Å². The molecule has 0 aliphatic heterocycles. The molecule has 2 N–H and O–H groups in total. The van der Waals surface area contributed by atoms with E-state index in [4.69, 9.17) is 0 Å². The Morgan fingerprint density at radius 3 is 2.42 bits per heavy atom. The van der Waals surface area contributed by atoms with E-state index in [1.54, 1.807) is 6.07 Å². The first kappa shape index (κ1) is 20.3. The average Bonchev–Trinajstić information content (AvgIpc) is 2.80. The van der Waals surface area contributed by atoms with Crippen LogP contribution in [0.5, 0.6) is 0 Å². The predicted octanol–water partition coefficient (Wildman–Crippen LogP) is 5.69. The fraction of sp³-hybridized carbons (Fsp3) is 0.115. The molecule has 0 unspecified atom stereocenters. The molecule has 3 aromatic carbocycles. The van der Waals surface area contributed by atoms with Crippen molar-refractivity contribution in [2.45, 2.75) is 19.9 Å². The zero-order chi connectivity index (χ0) is 21.6. The average molecular weight is 409 g/mol. The quantitative estimate of drug-likeness (QED) is 0.430. The second-order valence-electron chi connectivity index (χ2n) is 7.47. The minimum Gasteiger partial charge on any atom is -0.346 e. The van der Waals surface area contributed by atoms with Crippen LogP contribution in [0.3, 0.4) is 0 Å². The second kappa shape index (κ2) is 9.22. The van der Waals surface area contributed by atoms with Crippen LogP contribution in [0.2, 0.25) is 0 Å². The number of nitrogens with zero attached hydrogens (tertiary/aromatic N) is 2. The van der Waals surface area contributed by atoms with Crippen LogP contribution in [-0.2, 0) is 0 Å². The molecule has 5 nitrogen and oxygen atoms in total. The number of aromatic nitrogens is 2. The molecular weight excluding hydrogens is 384 g/mol. The molecule has 0 spiro atoms. The largest absolute Gasteiger partial charge is 0.346 e. The van der Waals surface area contributed by atoms with E-state index in [1.165, 1.54) is 11.9 Å². The second-order valence-corrected chi connectivity index (χ2v) is 7.47. The Hall–Kier alpha value is -3.99. The molecule has 0 aliphatic carbocycles. The van der Waals surface area contributed by atoms with Crippen molar-refractivity contribution in [3.8, 4) is 11.3 Å². The van der Waals surface area contributed by atoms with E-state index in [-0.39, 0.29) is 11.9 Å². The Balaban J connectivity index is 1.47. The normalized spacial score (nSPS) is 11.5. The lowest BCUT2D eigenvalue weighted by molar-refractivity contribution is 0.0940. The highest BCUT2D eigenvalue weighted by Crippen LogP contribution is 2.22. The summed E-state index contributed by atoms with van der Waals surface area (Å²) in [5, 5.41) is 6.33. The van der Waals surface area contributed by atoms with Gasteiger partial charge in [-0.25, -0.2) is 9.97 Å². The Bertz CT molecular complexity index is 1170. The van der Waals surface area contributed by atoms with Crippen LogP contribution in [0.15, 0.2) is 91.3 Å². The zero-order valence-electron chi connectivity index (χ0n) is 17.5. The summed E-state index contributed by atoms with van der Waals surface area (Å²) >= 11 is 0. The van der Waals surface area contributed by atoms with Crippen molar-refractivity contribution < 1.29 is 4.79 Å². The van der Waals surface area contributed by atoms with Crippen molar-refractivity contribution >= 4 is 17.4 Å². The molecule has 0 fully saturated rings. The first-order valence-electron chi connectivity index (χ1n) is 10.2. The molecule has 0 saturated carbocycles. The monoisotopic (exact) mass is 408 g/mol. The van der Waals surface area contributed by atoms with Gasteiger partial charge in [-0.2, -0.15) is 0 Å². The van der Waals surface area contributed by atoms with Gasteiger partial charge in [-0.3, -0.25) is 4.79 Å². The number of carbonyl (C=O) groups is 1. The Kier molecular flexibility index (Phi) is 6.03. The molecule has 31 heavy (non-hydrogen) atoms. The van der Waals surface area contributed by atoms with Crippen LogP contribution in [0.1, 0.15) is 34.5 Å². The lowest BCUT2D eigenvalue weighted by Gasteiger charge is -2.15. The smallest absolute Gasteiger partial charge is 0.251 e. The highest BCUT2D eigenvalue weighted by molar-refractivity contribution is 5.95. The van der Waals surface area contributed by atoms with Gasteiger partial charge in [-0.1, -0.05) is 66.2 Å². The number of carbonyl (C=O) groups excluding carboxylic acids is 1. The number of nitrogens with one attached hydrogen (secondary N) is 2. The van der Waals surface area contributed by atoms with Gasteiger partial charge in [0.2, 0.25) is 0 Å². The van der Waals surface area contributed by atoms with Crippen LogP contribution in [0.4, 0.5) is 11.5 Å². The lowest BCUT2D eigenvalue weighted by Crippen LogP contribution is -2.26. The van der Waals surface area contributed by atoms with E-state index in [0.29, 0.717) is 11.4 Å². The van der Waals surface area contributed by atoms with Crippen LogP contribution >= 0.6 is 0 Å². The Morgan fingerprint density at radius 1 is 0.871 bits per heavy atom. The summed E-state index contributed by atoms with van der Waals surface area (Å²) in [5.41, 5.74) is 5.49. The SMILES string of the molecule is Cc1ccc([C@H](C)NC(=O)c2cccc(Nc3cc(-c4ccccc4)ncn3)c2)cc1. The Labute approximate surface area is 182 Å². The van der Waals surface area contributed by atoms with Gasteiger partial charge in [0, 0.05) is 22.9 Å². The van der Waals surface area contributed by atoms with Crippen molar-refractivity contribution in [2.24, 2.45) is 0 Å². The molecule has 1 amide bonds. The summed E-state index contributed by atoms with van der Waals surface area (Å²) in [6.07, 6.45) is 1.53. The maximum absolute atomic E-state index is 12.8. The van der Waals surface area contributed by atoms with E-state index < -0.39 is 0 Å². The van der Waals surface area contributed by atoms with Crippen molar-refractivity contribution in [3.05, 3.63) is 108 Å². The fourth-order valence-electron chi connectivity index (χ4n) is 3.30. The molecule has 5 heteroatoms. The maximum Gasteiger partial charge on any atom is 0.251 e. The van der Waals surface area contributed by atoms with E-state index in [2.05, 4.69) is 20.6 Å². The van der Waals surface area contributed by atoms with E-state index in [0.717, 1.165) is 22.5 Å². The molecule has 0 bridgehead atoms. The van der Waals surface area contributed by atoms with Crippen LogP contribution in [0, 0.1) is 6.92 Å². The number of aryl methyl sites for hydroxylation is 1. The summed E-state index contributed by atoms with van der Waals surface area (Å²) in [7, 11) is 0. The number of anilines is 2. The molecule has 0 radical (unpaired) electrons. The van der Waals surface area contributed by atoms with E-state index in [1.807, 2.05) is 92.7 Å². The highest BCUT2D eigenvalue weighted by Gasteiger charge is 2.12. The molecule has 1 atom stereocenters. The van der Waals surface area contributed by atoms with E-state index >= 15 is 0 Å². The number of rotatable bonds is 6. The first-order chi connectivity index (χ1) is 15.1. The third kappa shape index (κ3) is 5.14. The maximum atomic E-state index is 12.8. The molecule has 1 aromatic heterocycles. The van der Waals surface area contributed by atoms with Crippen molar-refractivity contribution in [1.29, 1.82) is 0 Å². The van der Waals surface area contributed by atoms with Gasteiger partial charge in [0.25, 0.3) is 5.91 Å². The first-order valence-corrected chi connectivity index (χ1v) is 10.2. The molecule has 1 heterocycles. The summed E-state index contributed by atoms with van der Waals surface area (Å²) in [4.78, 5) is 21.4. The lowest BCUT2D eigenvalue weighted by atomic mass is 10.1. The molecule has 4 aromatic rings. The fourth-order valence-corrected chi connectivity index (χ4v) is 3.30. The summed E-state index contributed by atoms with van der Waals surface area (Å²) in [6.45, 7) is 4.03. The number of benzene rings is 3. The van der Waals surface area contributed by atoms with Crippen molar-refractivity contribution in [3.63, 3.8) is 0 Å². The van der Waals surface area contributed by atoms with Gasteiger partial charge in [0.15, 0.2) is 0 Å². The number of hydrogen-bond acceptors (Lipinski definition) is 4. The molecule has 4 rings (SSSR count). The standard InChI is InChI=1S/C26H24N4O/c1-18-11-13-20(14-12-18)19(2)29-26(31)22-9-6-10-23(15-22)30-25-16-24(27-17-28-25)21-7-4-3-5-8-21/h3-17,19H,1-2H3,(H,29,31)(H,27,28,30)/t19-/m0/s1. The van der Waals surface area contributed by atoms with Crippen LogP contribution in [-0.4, -0.2) is 15.9 Å². The van der Waals surface area contributed by atoms with Gasteiger partial charge in [0.05, 0.1) is 11.7 Å². The minimum atomic E-state index is -0.121. The zero-order valence-corrected chi connectivity index (χ0v) is 17.5. The third-order valence-corrected chi connectivity index (χ3v) is 5.06. The number of hydrogen-bond donors (Lipinski definition) is 2.